The first kappa shape index (κ1) is 17.9. The van der Waals surface area contributed by atoms with Crippen LogP contribution in [0.4, 0.5) is 4.79 Å². The van der Waals surface area contributed by atoms with Gasteiger partial charge >= 0.3 is 12.1 Å². The quantitative estimate of drug-likeness (QED) is 0.850. The molecule has 1 aliphatic heterocycles. The van der Waals surface area contributed by atoms with E-state index in [0.29, 0.717) is 12.0 Å². The fourth-order valence-corrected chi connectivity index (χ4v) is 2.85. The molecule has 1 unspecified atom stereocenters. The average molecular weight is 334 g/mol. The first-order chi connectivity index (χ1) is 11.2. The number of aliphatic carboxylic acids is 1. The summed E-state index contributed by atoms with van der Waals surface area (Å²) >= 11 is 0. The van der Waals surface area contributed by atoms with Gasteiger partial charge in [0.15, 0.2) is 11.3 Å². The summed E-state index contributed by atoms with van der Waals surface area (Å²) in [4.78, 5) is 41.9. The molecule has 2 rings (SSSR count). The first-order valence-electron chi connectivity index (χ1n) is 7.83. The zero-order valence-corrected chi connectivity index (χ0v) is 14.1. The topological polar surface area (TPSA) is 96.8 Å². The fraction of sp³-hybridized carbons (Fsp3) is 0.529. The Morgan fingerprint density at radius 2 is 1.92 bits per heavy atom. The van der Waals surface area contributed by atoms with Crippen LogP contribution in [0.1, 0.15) is 50.4 Å². The molecule has 1 amide bonds. The highest BCUT2D eigenvalue weighted by Gasteiger charge is 2.52. The molecule has 1 saturated heterocycles. The predicted molar refractivity (Wildman–Crippen MR) is 85.7 cm³/mol. The maximum absolute atomic E-state index is 12.5. The molecule has 130 valence electrons. The van der Waals surface area contributed by atoms with Gasteiger partial charge in [-0.3, -0.25) is 14.7 Å². The maximum atomic E-state index is 12.5. The van der Waals surface area contributed by atoms with Crippen molar-refractivity contribution in [2.45, 2.75) is 51.2 Å². The van der Waals surface area contributed by atoms with Crippen LogP contribution in [0, 0.1) is 0 Å². The third-order valence-corrected chi connectivity index (χ3v) is 3.96. The van der Waals surface area contributed by atoms with Crippen molar-refractivity contribution in [1.82, 2.24) is 9.88 Å². The predicted octanol–water partition coefficient (Wildman–Crippen LogP) is 2.51. The molecule has 0 aliphatic carbocycles. The normalized spacial score (nSPS) is 20.7. The van der Waals surface area contributed by atoms with Crippen molar-refractivity contribution in [1.29, 1.82) is 0 Å². The Hall–Kier alpha value is -2.44. The second-order valence-corrected chi connectivity index (χ2v) is 6.91. The molecular formula is C17H22N2O5. The molecule has 0 spiro atoms. The molecule has 1 aromatic heterocycles. The fourth-order valence-electron chi connectivity index (χ4n) is 2.85. The summed E-state index contributed by atoms with van der Waals surface area (Å²) in [7, 11) is 0. The van der Waals surface area contributed by atoms with Crippen LogP contribution in [0.25, 0.3) is 0 Å². The first-order valence-corrected chi connectivity index (χ1v) is 7.83. The molecule has 1 N–H and O–H groups in total. The van der Waals surface area contributed by atoms with Crippen LogP contribution in [0.3, 0.4) is 0 Å². The van der Waals surface area contributed by atoms with Gasteiger partial charge in [-0.05, 0) is 45.7 Å². The number of carboxylic acids is 1. The number of ketones is 1. The Balaban J connectivity index is 2.27. The summed E-state index contributed by atoms with van der Waals surface area (Å²) in [5.41, 5.74) is -1.93. The zero-order chi connectivity index (χ0) is 18.0. The van der Waals surface area contributed by atoms with Crippen LogP contribution in [0.15, 0.2) is 24.5 Å². The maximum Gasteiger partial charge on any atom is 0.411 e. The number of rotatable bonds is 4. The Morgan fingerprint density at radius 1 is 1.29 bits per heavy atom. The van der Waals surface area contributed by atoms with Gasteiger partial charge in [-0.25, -0.2) is 9.59 Å². The SMILES string of the molecule is CC(C)(C)OC(=O)N1CCCC1(CC(=O)c1ccncc1)C(=O)O. The van der Waals surface area contributed by atoms with Gasteiger partial charge in [0.1, 0.15) is 5.60 Å². The van der Waals surface area contributed by atoms with Crippen molar-refractivity contribution in [3.05, 3.63) is 30.1 Å². The van der Waals surface area contributed by atoms with Crippen molar-refractivity contribution in [2.24, 2.45) is 0 Å². The van der Waals surface area contributed by atoms with Crippen LogP contribution in [-0.2, 0) is 9.53 Å². The molecule has 7 heteroatoms. The monoisotopic (exact) mass is 334 g/mol. The summed E-state index contributed by atoms with van der Waals surface area (Å²) in [5.74, 6) is -1.52. The molecule has 0 bridgehead atoms. The molecule has 1 atom stereocenters. The minimum atomic E-state index is -1.57. The molecule has 1 aromatic rings. The van der Waals surface area contributed by atoms with E-state index in [1.807, 2.05) is 0 Å². The lowest BCUT2D eigenvalue weighted by Crippen LogP contribution is -2.55. The van der Waals surface area contributed by atoms with E-state index in [2.05, 4.69) is 4.98 Å². The summed E-state index contributed by atoms with van der Waals surface area (Å²) in [6.07, 6.45) is 2.69. The molecule has 1 aliphatic rings. The van der Waals surface area contributed by atoms with Crippen molar-refractivity contribution < 1.29 is 24.2 Å². The highest BCUT2D eigenvalue weighted by atomic mass is 16.6. The third kappa shape index (κ3) is 3.72. The van der Waals surface area contributed by atoms with E-state index >= 15 is 0 Å². The lowest BCUT2D eigenvalue weighted by molar-refractivity contribution is -0.149. The van der Waals surface area contributed by atoms with E-state index < -0.39 is 23.2 Å². The highest BCUT2D eigenvalue weighted by Crippen LogP contribution is 2.35. The van der Waals surface area contributed by atoms with E-state index in [-0.39, 0.29) is 25.2 Å². The van der Waals surface area contributed by atoms with Gasteiger partial charge in [0.05, 0.1) is 0 Å². The van der Waals surface area contributed by atoms with E-state index in [0.717, 1.165) is 0 Å². The number of nitrogens with zero attached hydrogens (tertiary/aromatic N) is 2. The largest absolute Gasteiger partial charge is 0.479 e. The number of hydrogen-bond acceptors (Lipinski definition) is 5. The molecule has 24 heavy (non-hydrogen) atoms. The van der Waals surface area contributed by atoms with E-state index in [4.69, 9.17) is 4.74 Å². The van der Waals surface area contributed by atoms with E-state index in [9.17, 15) is 19.5 Å². The van der Waals surface area contributed by atoms with Crippen LogP contribution >= 0.6 is 0 Å². The second-order valence-electron chi connectivity index (χ2n) is 6.91. The van der Waals surface area contributed by atoms with Crippen molar-refractivity contribution in [3.63, 3.8) is 0 Å². The Morgan fingerprint density at radius 3 is 2.46 bits per heavy atom. The number of carbonyl (C=O) groups excluding carboxylic acids is 2. The number of likely N-dealkylation sites (tertiary alicyclic amines) is 1. The van der Waals surface area contributed by atoms with Crippen LogP contribution < -0.4 is 0 Å². The molecule has 0 aromatic carbocycles. The van der Waals surface area contributed by atoms with Crippen LogP contribution in [0.5, 0.6) is 0 Å². The second kappa shape index (κ2) is 6.59. The van der Waals surface area contributed by atoms with Gasteiger partial charge in [0.2, 0.25) is 0 Å². The van der Waals surface area contributed by atoms with Gasteiger partial charge in [-0.2, -0.15) is 0 Å². The van der Waals surface area contributed by atoms with Crippen LogP contribution in [-0.4, -0.2) is 50.5 Å². The number of carbonyl (C=O) groups is 3. The van der Waals surface area contributed by atoms with Crippen molar-refractivity contribution >= 4 is 17.8 Å². The van der Waals surface area contributed by atoms with E-state index in [1.54, 1.807) is 20.8 Å². The summed E-state index contributed by atoms with van der Waals surface area (Å²) in [6, 6.07) is 3.06. The van der Waals surface area contributed by atoms with Gasteiger partial charge in [0.25, 0.3) is 0 Å². The lowest BCUT2D eigenvalue weighted by Gasteiger charge is -2.35. The third-order valence-electron chi connectivity index (χ3n) is 3.96. The minimum absolute atomic E-state index is 0.221. The molecule has 1 fully saturated rings. The standard InChI is InChI=1S/C17H22N2O5/c1-16(2,3)24-15(23)19-10-4-7-17(19,14(21)22)11-13(20)12-5-8-18-9-6-12/h5-6,8-9H,4,7,10-11H2,1-3H3,(H,21,22). The van der Waals surface area contributed by atoms with Gasteiger partial charge in [0, 0.05) is 30.9 Å². The number of amides is 1. The summed E-state index contributed by atoms with van der Waals surface area (Å²) < 4.78 is 5.32. The van der Waals surface area contributed by atoms with Gasteiger partial charge < -0.3 is 9.84 Å². The molecule has 0 radical (unpaired) electrons. The van der Waals surface area contributed by atoms with Crippen molar-refractivity contribution in [2.75, 3.05) is 6.54 Å². The summed E-state index contributed by atoms with van der Waals surface area (Å²) in [6.45, 7) is 5.40. The smallest absolute Gasteiger partial charge is 0.411 e. The number of ether oxygens (including phenoxy) is 1. The average Bonchev–Trinajstić information content (AvgIpc) is 2.91. The zero-order valence-electron chi connectivity index (χ0n) is 14.1. The van der Waals surface area contributed by atoms with Crippen molar-refractivity contribution in [3.8, 4) is 0 Å². The Kier molecular flexibility index (Phi) is 4.91. The molecular weight excluding hydrogens is 312 g/mol. The van der Waals surface area contributed by atoms with Gasteiger partial charge in [-0.1, -0.05) is 0 Å². The van der Waals surface area contributed by atoms with E-state index in [1.165, 1.54) is 29.4 Å². The number of hydrogen-bond donors (Lipinski definition) is 1. The Labute approximate surface area is 140 Å². The minimum Gasteiger partial charge on any atom is -0.479 e. The summed E-state index contributed by atoms with van der Waals surface area (Å²) in [5, 5.41) is 9.76. The Bertz CT molecular complexity index is 638. The molecule has 2 heterocycles. The van der Waals surface area contributed by atoms with Gasteiger partial charge in [-0.15, -0.1) is 0 Å². The van der Waals surface area contributed by atoms with Crippen LogP contribution in [0.2, 0.25) is 0 Å². The number of Topliss-reactive ketones (excluding diaryl/α,β-unsaturated/α-hetero) is 1. The number of pyridine rings is 1. The number of carboxylic acid groups (broad SMARTS) is 1. The molecule has 0 saturated carbocycles. The lowest BCUT2D eigenvalue weighted by atomic mass is 9.88. The number of aromatic nitrogens is 1. The highest BCUT2D eigenvalue weighted by molar-refractivity contribution is 6.01. The molecule has 7 nitrogen and oxygen atoms in total.